The number of hydrogen-bond donors (Lipinski definition) is 0. The predicted molar refractivity (Wildman–Crippen MR) is 111 cm³/mol. The second-order valence-corrected chi connectivity index (χ2v) is 9.35. The average molecular weight is 479 g/mol. The molecule has 2 aliphatic rings. The molecule has 1 saturated heterocycles. The molecule has 0 radical (unpaired) electrons. The van der Waals surface area contributed by atoms with Gasteiger partial charge in [-0.15, -0.1) is 0 Å². The molecule has 162 valence electrons. The van der Waals surface area contributed by atoms with Gasteiger partial charge >= 0.3 is 0 Å². The molecule has 0 atom stereocenters. The molecule has 1 aromatic carbocycles. The van der Waals surface area contributed by atoms with Gasteiger partial charge in [0.1, 0.15) is 5.57 Å². The summed E-state index contributed by atoms with van der Waals surface area (Å²) in [5.74, 6) is -8.29. The zero-order valence-electron chi connectivity index (χ0n) is 16.2. The van der Waals surface area contributed by atoms with Gasteiger partial charge in [0, 0.05) is 13.1 Å². The average Bonchev–Trinajstić information content (AvgIpc) is 3.15. The number of unbranched alkanes of at least 4 members (excludes halogenated alkanes) is 2. The maximum atomic E-state index is 14.2. The van der Waals surface area contributed by atoms with Gasteiger partial charge < -0.3 is 0 Å². The normalized spacial score (nSPS) is 16.8. The number of thioether (sulfide) groups is 2. The van der Waals surface area contributed by atoms with E-state index in [2.05, 4.69) is 0 Å². The minimum atomic E-state index is -1.93. The van der Waals surface area contributed by atoms with Gasteiger partial charge in [-0.2, -0.15) is 0 Å². The lowest BCUT2D eigenvalue weighted by Crippen LogP contribution is -2.56. The molecule has 1 aromatic rings. The first-order chi connectivity index (χ1) is 14.2. The predicted octanol–water partition coefficient (Wildman–Crippen LogP) is 5.21. The SMILES string of the molecule is CCCCN1C(=O)C(=C2Sc3c(F)c(F)c(F)c(F)c3S2)C(=O)N(CCCC)C1=S. The minimum absolute atomic E-state index is 0.0201. The summed E-state index contributed by atoms with van der Waals surface area (Å²) < 4.78 is 55.6. The van der Waals surface area contributed by atoms with E-state index in [9.17, 15) is 27.2 Å². The van der Waals surface area contributed by atoms with Crippen molar-refractivity contribution in [3.63, 3.8) is 0 Å². The number of carbonyl (C=O) groups excluding carboxylic acids is 2. The van der Waals surface area contributed by atoms with Crippen LogP contribution in [0.3, 0.4) is 0 Å². The molecule has 1 fully saturated rings. The lowest BCUT2D eigenvalue weighted by molar-refractivity contribution is -0.133. The highest BCUT2D eigenvalue weighted by Gasteiger charge is 2.43. The largest absolute Gasteiger partial charge is 0.284 e. The van der Waals surface area contributed by atoms with Crippen molar-refractivity contribution in [2.24, 2.45) is 0 Å². The lowest BCUT2D eigenvalue weighted by atomic mass is 10.1. The molecule has 0 saturated carbocycles. The van der Waals surface area contributed by atoms with Crippen LogP contribution < -0.4 is 0 Å². The van der Waals surface area contributed by atoms with Crippen molar-refractivity contribution in [3.05, 3.63) is 33.1 Å². The van der Waals surface area contributed by atoms with Gasteiger partial charge in [-0.25, -0.2) is 17.6 Å². The number of amides is 2. The Morgan fingerprint density at radius 3 is 1.53 bits per heavy atom. The van der Waals surface area contributed by atoms with E-state index in [1.165, 1.54) is 9.80 Å². The smallest absolute Gasteiger partial charge is 0.267 e. The summed E-state index contributed by atoms with van der Waals surface area (Å²) in [5.41, 5.74) is -0.290. The molecule has 0 N–H and O–H groups in total. The first kappa shape index (κ1) is 23.1. The van der Waals surface area contributed by atoms with Crippen molar-refractivity contribution in [2.45, 2.75) is 49.3 Å². The molecule has 4 nitrogen and oxygen atoms in total. The molecule has 0 spiro atoms. The van der Waals surface area contributed by atoms with Crippen LogP contribution in [0.15, 0.2) is 19.6 Å². The van der Waals surface area contributed by atoms with Gasteiger partial charge in [0.2, 0.25) is 0 Å². The Morgan fingerprint density at radius 1 is 0.767 bits per heavy atom. The fraction of sp³-hybridized carbons (Fsp3) is 0.421. The zero-order valence-corrected chi connectivity index (χ0v) is 18.6. The van der Waals surface area contributed by atoms with Gasteiger partial charge in [-0.05, 0) is 25.1 Å². The second kappa shape index (κ2) is 9.27. The summed E-state index contributed by atoms with van der Waals surface area (Å²) in [4.78, 5) is 27.8. The Morgan fingerprint density at radius 2 is 1.17 bits per heavy atom. The first-order valence-corrected chi connectivity index (χ1v) is 11.4. The van der Waals surface area contributed by atoms with Gasteiger partial charge in [0.05, 0.1) is 14.0 Å². The van der Waals surface area contributed by atoms with Crippen LogP contribution >= 0.6 is 35.7 Å². The number of rotatable bonds is 6. The molecule has 2 aliphatic heterocycles. The number of carbonyl (C=O) groups is 2. The van der Waals surface area contributed by atoms with Crippen LogP contribution in [0, 0.1) is 23.3 Å². The summed E-state index contributed by atoms with van der Waals surface area (Å²) in [6.45, 7) is 4.44. The molecule has 2 heterocycles. The second-order valence-electron chi connectivity index (χ2n) is 6.68. The van der Waals surface area contributed by atoms with Crippen LogP contribution in [-0.4, -0.2) is 39.8 Å². The highest BCUT2D eigenvalue weighted by atomic mass is 32.2. The topological polar surface area (TPSA) is 40.6 Å². The molecule has 11 heteroatoms. The Balaban J connectivity index is 2.08. The summed E-state index contributed by atoms with van der Waals surface area (Å²) in [7, 11) is 0. The third-order valence-corrected chi connectivity index (χ3v) is 7.65. The van der Waals surface area contributed by atoms with E-state index in [0.717, 1.165) is 12.8 Å². The summed E-state index contributed by atoms with van der Waals surface area (Å²) in [5, 5.41) is 0.0937. The quantitative estimate of drug-likeness (QED) is 0.140. The fourth-order valence-electron chi connectivity index (χ4n) is 2.96. The molecule has 0 unspecified atom stereocenters. The third-order valence-electron chi connectivity index (χ3n) is 4.63. The van der Waals surface area contributed by atoms with Crippen molar-refractivity contribution < 1.29 is 27.2 Å². The maximum Gasteiger partial charge on any atom is 0.267 e. The van der Waals surface area contributed by atoms with Crippen molar-refractivity contribution in [3.8, 4) is 0 Å². The Hall–Kier alpha value is -1.59. The molecule has 2 amide bonds. The van der Waals surface area contributed by atoms with Gasteiger partial charge in [0.15, 0.2) is 28.4 Å². The standard InChI is InChI=1S/C19H18F4N2O2S3/c1-3-5-7-24-16(26)9(17(27)25(19(24)28)8-6-4-2)18-29-14-12(22)10(20)11(21)13(23)15(14)30-18/h3-8H2,1-2H3. The maximum absolute atomic E-state index is 14.2. The number of halogens is 4. The van der Waals surface area contributed by atoms with Crippen LogP contribution in [0.5, 0.6) is 0 Å². The Bertz CT molecular complexity index is 897. The van der Waals surface area contributed by atoms with Crippen molar-refractivity contribution in [1.29, 1.82) is 0 Å². The van der Waals surface area contributed by atoms with Crippen LogP contribution in [0.1, 0.15) is 39.5 Å². The molecular formula is C19H18F4N2O2S3. The number of benzene rings is 1. The number of hydrogen-bond acceptors (Lipinski definition) is 5. The van der Waals surface area contributed by atoms with Crippen LogP contribution in [0.25, 0.3) is 0 Å². The van der Waals surface area contributed by atoms with Gasteiger partial charge in [0.25, 0.3) is 11.8 Å². The monoisotopic (exact) mass is 478 g/mol. The van der Waals surface area contributed by atoms with E-state index in [0.29, 0.717) is 36.4 Å². The molecular weight excluding hydrogens is 460 g/mol. The number of thiocarbonyl (C=S) groups is 1. The summed E-state index contributed by atoms with van der Waals surface area (Å²) in [6.07, 6.45) is 2.85. The number of fused-ring (bicyclic) bond motifs is 1. The molecule has 0 aromatic heterocycles. The molecule has 0 bridgehead atoms. The summed E-state index contributed by atoms with van der Waals surface area (Å²) in [6, 6.07) is 0. The van der Waals surface area contributed by atoms with E-state index in [-0.39, 0.29) is 28.0 Å². The Kier molecular flexibility index (Phi) is 7.13. The van der Waals surface area contributed by atoms with E-state index in [1.54, 1.807) is 0 Å². The number of nitrogens with zero attached hydrogens (tertiary/aromatic N) is 2. The van der Waals surface area contributed by atoms with Crippen LogP contribution in [0.4, 0.5) is 17.6 Å². The first-order valence-electron chi connectivity index (χ1n) is 9.38. The Labute approximate surface area is 185 Å². The van der Waals surface area contributed by atoms with Crippen LogP contribution in [0.2, 0.25) is 0 Å². The van der Waals surface area contributed by atoms with Gasteiger partial charge in [-0.1, -0.05) is 50.2 Å². The van der Waals surface area contributed by atoms with Crippen molar-refractivity contribution in [1.82, 2.24) is 9.80 Å². The molecule has 3 rings (SSSR count). The highest BCUT2D eigenvalue weighted by molar-refractivity contribution is 8.24. The fourth-order valence-corrected chi connectivity index (χ4v) is 5.88. The van der Waals surface area contributed by atoms with E-state index >= 15 is 0 Å². The summed E-state index contributed by atoms with van der Waals surface area (Å²) >= 11 is 6.46. The minimum Gasteiger partial charge on any atom is -0.284 e. The van der Waals surface area contributed by atoms with E-state index < -0.39 is 44.9 Å². The third kappa shape index (κ3) is 3.87. The highest BCUT2D eigenvalue weighted by Crippen LogP contribution is 2.55. The van der Waals surface area contributed by atoms with E-state index in [1.807, 2.05) is 13.8 Å². The van der Waals surface area contributed by atoms with Crippen molar-refractivity contribution >= 4 is 52.7 Å². The van der Waals surface area contributed by atoms with Crippen LogP contribution in [-0.2, 0) is 9.59 Å². The van der Waals surface area contributed by atoms with Crippen molar-refractivity contribution in [2.75, 3.05) is 13.1 Å². The van der Waals surface area contributed by atoms with Gasteiger partial charge in [-0.3, -0.25) is 19.4 Å². The molecule has 30 heavy (non-hydrogen) atoms. The lowest BCUT2D eigenvalue weighted by Gasteiger charge is -2.37. The van der Waals surface area contributed by atoms with E-state index in [4.69, 9.17) is 12.2 Å². The zero-order chi connectivity index (χ0) is 22.2. The molecule has 0 aliphatic carbocycles.